The summed E-state index contributed by atoms with van der Waals surface area (Å²) in [6.07, 6.45) is 0.406. The molecule has 1 aliphatic rings. The Morgan fingerprint density at radius 3 is 2.19 bits per heavy atom. The van der Waals surface area contributed by atoms with E-state index in [0.29, 0.717) is 23.0 Å². The Labute approximate surface area is 92.2 Å². The minimum atomic E-state index is -0.359. The van der Waals surface area contributed by atoms with Crippen LogP contribution in [-0.2, 0) is 0 Å². The highest BCUT2D eigenvalue weighted by Gasteiger charge is 2.34. The van der Waals surface area contributed by atoms with E-state index in [9.17, 15) is 14.0 Å². The highest BCUT2D eigenvalue weighted by Crippen LogP contribution is 2.22. The van der Waals surface area contributed by atoms with Crippen LogP contribution in [0.15, 0.2) is 36.2 Å². The third kappa shape index (κ3) is 1.52. The molecule has 1 aromatic rings. The molecule has 1 heterocycles. The lowest BCUT2D eigenvalue weighted by Crippen LogP contribution is -2.31. The van der Waals surface area contributed by atoms with Gasteiger partial charge in [0.05, 0.1) is 24.0 Å². The molecule has 0 saturated carbocycles. The van der Waals surface area contributed by atoms with Crippen LogP contribution < -0.4 is 0 Å². The molecule has 0 N–H and O–H groups in total. The van der Waals surface area contributed by atoms with Crippen LogP contribution >= 0.6 is 0 Å². The number of carbonyl (C=O) groups is 2. The van der Waals surface area contributed by atoms with Crippen molar-refractivity contribution < 1.29 is 14.0 Å². The Kier molecular flexibility index (Phi) is 2.56. The van der Waals surface area contributed by atoms with Gasteiger partial charge in [0.2, 0.25) is 0 Å². The zero-order valence-corrected chi connectivity index (χ0v) is 8.74. The molecule has 0 spiro atoms. The van der Waals surface area contributed by atoms with Crippen molar-refractivity contribution in [3.05, 3.63) is 47.3 Å². The van der Waals surface area contributed by atoms with Crippen LogP contribution in [0.4, 0.5) is 4.39 Å². The van der Waals surface area contributed by atoms with Crippen molar-refractivity contribution in [2.75, 3.05) is 6.54 Å². The normalized spacial score (nSPS) is 15.6. The molecule has 0 unspecified atom stereocenters. The predicted molar refractivity (Wildman–Crippen MR) is 56.7 cm³/mol. The van der Waals surface area contributed by atoms with Crippen LogP contribution in [0.25, 0.3) is 0 Å². The number of benzene rings is 1. The van der Waals surface area contributed by atoms with Gasteiger partial charge in [0.1, 0.15) is 0 Å². The van der Waals surface area contributed by atoms with Crippen molar-refractivity contribution in [2.45, 2.75) is 6.92 Å². The molecule has 82 valence electrons. The topological polar surface area (TPSA) is 37.4 Å². The molecule has 1 aromatic carbocycles. The van der Waals surface area contributed by atoms with E-state index in [0.717, 1.165) is 4.90 Å². The first-order valence-corrected chi connectivity index (χ1v) is 4.86. The Morgan fingerprint density at radius 2 is 1.75 bits per heavy atom. The van der Waals surface area contributed by atoms with Gasteiger partial charge in [-0.2, -0.15) is 0 Å². The largest absolute Gasteiger partial charge is 0.270 e. The molecule has 16 heavy (non-hydrogen) atoms. The second-order valence-electron chi connectivity index (χ2n) is 3.70. The first kappa shape index (κ1) is 10.5. The quantitative estimate of drug-likeness (QED) is 0.715. The molecule has 3 nitrogen and oxygen atoms in total. The van der Waals surface area contributed by atoms with Gasteiger partial charge in [-0.1, -0.05) is 12.1 Å². The van der Waals surface area contributed by atoms with Gasteiger partial charge in [-0.3, -0.25) is 14.5 Å². The van der Waals surface area contributed by atoms with E-state index in [2.05, 4.69) is 0 Å². The van der Waals surface area contributed by atoms with Gasteiger partial charge in [-0.25, -0.2) is 4.39 Å². The molecule has 0 atom stereocenters. The zero-order valence-electron chi connectivity index (χ0n) is 8.74. The maximum atomic E-state index is 12.2. The summed E-state index contributed by atoms with van der Waals surface area (Å²) in [5.74, 6) is -0.719. The summed E-state index contributed by atoms with van der Waals surface area (Å²) < 4.78 is 12.2. The summed E-state index contributed by atoms with van der Waals surface area (Å²) in [6.45, 7) is 1.53. The van der Waals surface area contributed by atoms with Crippen molar-refractivity contribution in [3.8, 4) is 0 Å². The summed E-state index contributed by atoms with van der Waals surface area (Å²) in [4.78, 5) is 24.7. The van der Waals surface area contributed by atoms with Gasteiger partial charge in [0.25, 0.3) is 11.8 Å². The van der Waals surface area contributed by atoms with Gasteiger partial charge in [-0.05, 0) is 24.6 Å². The number of nitrogens with zero attached hydrogens (tertiary/aromatic N) is 1. The third-order valence-electron chi connectivity index (χ3n) is 2.47. The highest BCUT2D eigenvalue weighted by atomic mass is 19.1. The fraction of sp³-hybridized carbons (Fsp3) is 0.167. The Hall–Kier alpha value is -1.97. The maximum Gasteiger partial charge on any atom is 0.261 e. The Bertz CT molecular complexity index is 459. The minimum absolute atomic E-state index is 0.00282. The smallest absolute Gasteiger partial charge is 0.261 e. The summed E-state index contributed by atoms with van der Waals surface area (Å²) in [5, 5.41) is 0. The van der Waals surface area contributed by atoms with Crippen molar-refractivity contribution in [1.29, 1.82) is 0 Å². The number of hydrogen-bond donors (Lipinski definition) is 0. The molecular formula is C12H10FNO2. The van der Waals surface area contributed by atoms with E-state index in [1.807, 2.05) is 0 Å². The van der Waals surface area contributed by atoms with Crippen LogP contribution in [0.5, 0.6) is 0 Å². The summed E-state index contributed by atoms with van der Waals surface area (Å²) in [6, 6.07) is 6.60. The predicted octanol–water partition coefficient (Wildman–Crippen LogP) is 2.16. The number of halogens is 1. The molecule has 0 fully saturated rings. The lowest BCUT2D eigenvalue weighted by atomic mass is 10.1. The van der Waals surface area contributed by atoms with Crippen LogP contribution in [-0.4, -0.2) is 23.3 Å². The molecule has 2 amide bonds. The average molecular weight is 219 g/mol. The Balaban J connectivity index is 2.35. The van der Waals surface area contributed by atoms with E-state index >= 15 is 0 Å². The van der Waals surface area contributed by atoms with Crippen molar-refractivity contribution in [2.24, 2.45) is 0 Å². The lowest BCUT2D eigenvalue weighted by molar-refractivity contribution is 0.0667. The molecule has 0 aromatic heterocycles. The molecule has 0 saturated heterocycles. The molecule has 0 bridgehead atoms. The van der Waals surface area contributed by atoms with Crippen molar-refractivity contribution >= 4 is 11.8 Å². The van der Waals surface area contributed by atoms with Crippen LogP contribution in [0.2, 0.25) is 0 Å². The SMILES string of the molecule is CC(=CF)CN1C(=O)c2ccccc2C1=O. The Morgan fingerprint density at radius 1 is 1.25 bits per heavy atom. The van der Waals surface area contributed by atoms with Crippen LogP contribution in [0, 0.1) is 0 Å². The van der Waals surface area contributed by atoms with Crippen molar-refractivity contribution in [1.82, 2.24) is 4.90 Å². The van der Waals surface area contributed by atoms with Gasteiger partial charge < -0.3 is 0 Å². The number of carbonyl (C=O) groups excluding carboxylic acids is 2. The first-order valence-electron chi connectivity index (χ1n) is 4.86. The van der Waals surface area contributed by atoms with Gasteiger partial charge in [0, 0.05) is 0 Å². The van der Waals surface area contributed by atoms with Gasteiger partial charge in [-0.15, -0.1) is 0 Å². The molecule has 1 aliphatic heterocycles. The highest BCUT2D eigenvalue weighted by molar-refractivity contribution is 6.21. The summed E-state index contributed by atoms with van der Waals surface area (Å²) >= 11 is 0. The molecular weight excluding hydrogens is 209 g/mol. The number of rotatable bonds is 2. The number of hydrogen-bond acceptors (Lipinski definition) is 2. The first-order chi connectivity index (χ1) is 7.65. The van der Waals surface area contributed by atoms with Crippen molar-refractivity contribution in [3.63, 3.8) is 0 Å². The second-order valence-corrected chi connectivity index (χ2v) is 3.70. The zero-order chi connectivity index (χ0) is 11.7. The van der Waals surface area contributed by atoms with Gasteiger partial charge in [0.15, 0.2) is 0 Å². The summed E-state index contributed by atoms with van der Waals surface area (Å²) in [5.41, 5.74) is 1.12. The molecule has 2 rings (SSSR count). The van der Waals surface area contributed by atoms with E-state index in [4.69, 9.17) is 0 Å². The van der Waals surface area contributed by atoms with E-state index < -0.39 is 0 Å². The maximum absolute atomic E-state index is 12.2. The fourth-order valence-corrected chi connectivity index (χ4v) is 1.67. The van der Waals surface area contributed by atoms with E-state index in [1.165, 1.54) is 6.92 Å². The second kappa shape index (κ2) is 3.89. The molecule has 0 aliphatic carbocycles. The lowest BCUT2D eigenvalue weighted by Gasteiger charge is -2.12. The fourth-order valence-electron chi connectivity index (χ4n) is 1.67. The monoisotopic (exact) mass is 219 g/mol. The standard InChI is InChI=1S/C12H10FNO2/c1-8(6-13)7-14-11(15)9-4-2-3-5-10(9)12(14)16/h2-6H,7H2,1H3. The number of amides is 2. The molecule has 0 radical (unpaired) electrons. The minimum Gasteiger partial charge on any atom is -0.270 e. The van der Waals surface area contributed by atoms with E-state index in [-0.39, 0.29) is 18.4 Å². The molecule has 4 heteroatoms. The summed E-state index contributed by atoms with van der Waals surface area (Å²) in [7, 11) is 0. The number of fused-ring (bicyclic) bond motifs is 1. The van der Waals surface area contributed by atoms with Crippen LogP contribution in [0.1, 0.15) is 27.6 Å². The third-order valence-corrected chi connectivity index (χ3v) is 2.47. The number of imide groups is 1. The van der Waals surface area contributed by atoms with Crippen LogP contribution in [0.3, 0.4) is 0 Å². The average Bonchev–Trinajstić information content (AvgIpc) is 2.55. The van der Waals surface area contributed by atoms with E-state index in [1.54, 1.807) is 24.3 Å². The van der Waals surface area contributed by atoms with Gasteiger partial charge >= 0.3 is 0 Å².